The van der Waals surface area contributed by atoms with Gasteiger partial charge >= 0.3 is 0 Å². The van der Waals surface area contributed by atoms with Gasteiger partial charge in [0.15, 0.2) is 5.82 Å². The van der Waals surface area contributed by atoms with E-state index in [2.05, 4.69) is 71.7 Å². The number of hydrogen-bond donors (Lipinski definition) is 1. The van der Waals surface area contributed by atoms with E-state index < -0.39 is 0 Å². The lowest BCUT2D eigenvalue weighted by molar-refractivity contribution is -0.131. The van der Waals surface area contributed by atoms with Crippen LogP contribution in [-0.2, 0) is 10.2 Å². The highest BCUT2D eigenvalue weighted by molar-refractivity contribution is 5.90. The van der Waals surface area contributed by atoms with Crippen molar-refractivity contribution >= 4 is 22.8 Å². The summed E-state index contributed by atoms with van der Waals surface area (Å²) in [4.78, 5) is 35.8. The van der Waals surface area contributed by atoms with E-state index in [1.165, 1.54) is 6.33 Å². The monoisotopic (exact) mass is 439 g/mol. The Balaban J connectivity index is 1.45. The summed E-state index contributed by atoms with van der Waals surface area (Å²) in [6, 6.07) is 1.27. The molecule has 1 saturated heterocycles. The van der Waals surface area contributed by atoms with Crippen molar-refractivity contribution in [3.05, 3.63) is 18.3 Å². The summed E-state index contributed by atoms with van der Waals surface area (Å²) in [5, 5.41) is 3.38. The highest BCUT2D eigenvalue weighted by Crippen LogP contribution is 2.31. The first-order chi connectivity index (χ1) is 15.1. The molecular weight excluding hydrogens is 402 g/mol. The third kappa shape index (κ3) is 4.56. The van der Waals surface area contributed by atoms with Crippen LogP contribution in [0.3, 0.4) is 0 Å². The molecule has 4 rings (SSSR count). The van der Waals surface area contributed by atoms with Gasteiger partial charge in [0.2, 0.25) is 5.91 Å². The van der Waals surface area contributed by atoms with Crippen molar-refractivity contribution in [2.75, 3.05) is 18.9 Å². The zero-order chi connectivity index (χ0) is 23.0. The second kappa shape index (κ2) is 8.89. The Labute approximate surface area is 191 Å². The van der Waals surface area contributed by atoms with Gasteiger partial charge in [-0.1, -0.05) is 20.8 Å². The van der Waals surface area contributed by atoms with Crippen LogP contribution < -0.4 is 5.32 Å². The smallest absolute Gasteiger partial charge is 0.245 e. The van der Waals surface area contributed by atoms with Gasteiger partial charge in [0.25, 0.3) is 0 Å². The molecule has 1 amide bonds. The molecule has 0 spiro atoms. The van der Waals surface area contributed by atoms with Crippen molar-refractivity contribution < 1.29 is 4.79 Å². The Morgan fingerprint density at radius 2 is 1.81 bits per heavy atom. The van der Waals surface area contributed by atoms with Crippen LogP contribution in [0.2, 0.25) is 0 Å². The van der Waals surface area contributed by atoms with Crippen LogP contribution in [0, 0.1) is 0 Å². The lowest BCUT2D eigenvalue weighted by atomic mass is 9.89. The molecule has 8 nitrogen and oxygen atoms in total. The van der Waals surface area contributed by atoms with Gasteiger partial charge in [-0.2, -0.15) is 0 Å². The van der Waals surface area contributed by atoms with E-state index in [9.17, 15) is 4.79 Å². The van der Waals surface area contributed by atoms with Crippen molar-refractivity contribution in [3.63, 3.8) is 0 Å². The van der Waals surface area contributed by atoms with Gasteiger partial charge in [0.1, 0.15) is 29.2 Å². The summed E-state index contributed by atoms with van der Waals surface area (Å²) >= 11 is 0. The maximum atomic E-state index is 13.3. The van der Waals surface area contributed by atoms with E-state index >= 15 is 0 Å². The first kappa shape index (κ1) is 22.8. The molecule has 0 unspecified atom stereocenters. The van der Waals surface area contributed by atoms with Crippen LogP contribution >= 0.6 is 0 Å². The molecule has 2 aromatic rings. The molecule has 2 fully saturated rings. The van der Waals surface area contributed by atoms with Gasteiger partial charge in [0, 0.05) is 30.1 Å². The summed E-state index contributed by atoms with van der Waals surface area (Å²) in [6.45, 7) is 11.5. The third-order valence-electron chi connectivity index (χ3n) is 7.10. The molecule has 1 atom stereocenters. The molecular formula is C24H37N7O. The number of likely N-dealkylation sites (tertiary alicyclic amines) is 1. The van der Waals surface area contributed by atoms with Crippen molar-refractivity contribution in [2.45, 2.75) is 96.3 Å². The van der Waals surface area contributed by atoms with Gasteiger partial charge in [-0.15, -0.1) is 0 Å². The van der Waals surface area contributed by atoms with Crippen LogP contribution in [0.25, 0.3) is 11.0 Å². The summed E-state index contributed by atoms with van der Waals surface area (Å²) in [5.74, 6) is 1.54. The Hall–Kier alpha value is -2.35. The Morgan fingerprint density at radius 1 is 1.09 bits per heavy atom. The zero-order valence-corrected chi connectivity index (χ0v) is 20.3. The van der Waals surface area contributed by atoms with Gasteiger partial charge in [-0.3, -0.25) is 4.79 Å². The molecule has 0 radical (unpaired) electrons. The topological polar surface area (TPSA) is 87.1 Å². The number of nitrogens with one attached hydrogen (secondary N) is 1. The maximum Gasteiger partial charge on any atom is 0.245 e. The molecule has 3 heterocycles. The summed E-state index contributed by atoms with van der Waals surface area (Å²) in [6.07, 6.45) is 8.51. The van der Waals surface area contributed by atoms with Gasteiger partial charge in [-0.25, -0.2) is 19.9 Å². The zero-order valence-electron chi connectivity index (χ0n) is 20.3. The molecule has 1 saturated carbocycles. The first-order valence-corrected chi connectivity index (χ1v) is 11.9. The third-order valence-corrected chi connectivity index (χ3v) is 7.10. The number of rotatable bonds is 5. The fourth-order valence-electron chi connectivity index (χ4n) is 4.88. The summed E-state index contributed by atoms with van der Waals surface area (Å²) in [7, 11) is 2.22. The van der Waals surface area contributed by atoms with Crippen LogP contribution in [0.1, 0.15) is 72.5 Å². The molecule has 1 aliphatic carbocycles. The van der Waals surface area contributed by atoms with Crippen LogP contribution in [0.15, 0.2) is 12.5 Å². The molecule has 0 aromatic carbocycles. The van der Waals surface area contributed by atoms with Gasteiger partial charge < -0.3 is 15.1 Å². The fourth-order valence-corrected chi connectivity index (χ4v) is 4.88. The minimum absolute atomic E-state index is 0.177. The van der Waals surface area contributed by atoms with Gasteiger partial charge in [0.05, 0.1) is 6.20 Å². The van der Waals surface area contributed by atoms with Crippen molar-refractivity contribution in [1.29, 1.82) is 0 Å². The van der Waals surface area contributed by atoms with E-state index in [1.54, 1.807) is 6.20 Å². The molecule has 0 bridgehead atoms. The second-order valence-corrected chi connectivity index (χ2v) is 10.6. The minimum atomic E-state index is -0.266. The molecule has 8 heteroatoms. The Morgan fingerprint density at radius 3 is 2.47 bits per heavy atom. The SMILES string of the molecule is CC(C)N(C)C1CCC(N2CC[C@H](Nc3ncnc4cnc(C(C)(C)C)nc34)C2=O)CC1. The van der Waals surface area contributed by atoms with Crippen LogP contribution in [0.4, 0.5) is 5.82 Å². The number of nitrogens with zero attached hydrogens (tertiary/aromatic N) is 6. The molecule has 2 aliphatic rings. The number of hydrogen-bond acceptors (Lipinski definition) is 7. The van der Waals surface area contributed by atoms with E-state index in [1.807, 2.05) is 0 Å². The number of amides is 1. The Bertz CT molecular complexity index is 962. The number of carbonyl (C=O) groups is 1. The molecule has 32 heavy (non-hydrogen) atoms. The highest BCUT2D eigenvalue weighted by Gasteiger charge is 2.38. The number of fused-ring (bicyclic) bond motifs is 1. The van der Waals surface area contributed by atoms with Crippen molar-refractivity contribution in [2.24, 2.45) is 0 Å². The van der Waals surface area contributed by atoms with E-state index in [4.69, 9.17) is 4.98 Å². The van der Waals surface area contributed by atoms with E-state index in [0.717, 1.165) is 44.5 Å². The number of aromatic nitrogens is 4. The van der Waals surface area contributed by atoms with E-state index in [0.29, 0.717) is 35.0 Å². The van der Waals surface area contributed by atoms with E-state index in [-0.39, 0.29) is 17.4 Å². The largest absolute Gasteiger partial charge is 0.356 e. The predicted octanol–water partition coefficient (Wildman–Crippen LogP) is 3.38. The molecule has 2 aromatic heterocycles. The predicted molar refractivity (Wildman–Crippen MR) is 127 cm³/mol. The standard InChI is InChI=1S/C24H37N7O/c1-15(2)30(6)16-7-9-17(10-8-16)31-12-11-18(22(31)32)28-21-20-19(26-14-27-21)13-25-23(29-20)24(3,4)5/h13-18H,7-12H2,1-6H3,(H,26,27,28)/t16?,17?,18-/m0/s1. The quantitative estimate of drug-likeness (QED) is 0.764. The normalized spacial score (nSPS) is 24.7. The highest BCUT2D eigenvalue weighted by atomic mass is 16.2. The average Bonchev–Trinajstić information content (AvgIpc) is 3.12. The molecule has 1 N–H and O–H groups in total. The number of anilines is 1. The Kier molecular flexibility index (Phi) is 6.34. The summed E-state index contributed by atoms with van der Waals surface area (Å²) in [5.41, 5.74) is 1.19. The summed E-state index contributed by atoms with van der Waals surface area (Å²) < 4.78 is 0. The van der Waals surface area contributed by atoms with Crippen molar-refractivity contribution in [1.82, 2.24) is 29.7 Å². The molecule has 174 valence electrons. The fraction of sp³-hybridized carbons (Fsp3) is 0.708. The molecule has 1 aliphatic heterocycles. The first-order valence-electron chi connectivity index (χ1n) is 11.9. The van der Waals surface area contributed by atoms with Gasteiger partial charge in [-0.05, 0) is 53.0 Å². The minimum Gasteiger partial charge on any atom is -0.356 e. The lowest BCUT2D eigenvalue weighted by Gasteiger charge is -2.39. The van der Waals surface area contributed by atoms with Crippen LogP contribution in [0.5, 0.6) is 0 Å². The lowest BCUT2D eigenvalue weighted by Crippen LogP contribution is -2.46. The maximum absolute atomic E-state index is 13.3. The van der Waals surface area contributed by atoms with Crippen LogP contribution in [-0.4, -0.2) is 73.4 Å². The average molecular weight is 440 g/mol. The second-order valence-electron chi connectivity index (χ2n) is 10.6. The van der Waals surface area contributed by atoms with Crippen molar-refractivity contribution in [3.8, 4) is 0 Å². The number of carbonyl (C=O) groups excluding carboxylic acids is 1.